The maximum absolute atomic E-state index is 14.8. The van der Waals surface area contributed by atoms with Crippen molar-refractivity contribution in [1.29, 1.82) is 0 Å². The molecule has 16 unspecified atom stereocenters. The summed E-state index contributed by atoms with van der Waals surface area (Å²) in [7, 11) is 8.91. The summed E-state index contributed by atoms with van der Waals surface area (Å²) in [4.78, 5) is 51.0. The minimum atomic E-state index is -0.504. The van der Waals surface area contributed by atoms with E-state index in [2.05, 4.69) is 123 Å². The Bertz CT molecular complexity index is 7220. The zero-order valence-electron chi connectivity index (χ0n) is 88.4. The van der Waals surface area contributed by atoms with E-state index < -0.39 is 41.6 Å². The van der Waals surface area contributed by atoms with Crippen LogP contribution in [0.5, 0.6) is 34.5 Å². The fourth-order valence-electron chi connectivity index (χ4n) is 20.5. The van der Waals surface area contributed by atoms with Crippen LogP contribution in [0.4, 0.5) is 58.4 Å². The monoisotopic (exact) mass is 2060 g/mol. The van der Waals surface area contributed by atoms with E-state index >= 15 is 0 Å². The predicted molar refractivity (Wildman–Crippen MR) is 565 cm³/mol. The van der Waals surface area contributed by atoms with E-state index in [0.29, 0.717) is 169 Å². The largest absolute Gasteiger partial charge is 0.497 e. The Hall–Kier alpha value is -14.9. The van der Waals surface area contributed by atoms with Crippen molar-refractivity contribution in [1.82, 2.24) is 113 Å². The number of epoxide rings is 1. The molecule has 796 valence electrons. The number of ether oxygens (including phenoxy) is 7. The number of nitrogens with two attached hydrogens (primary N) is 3. The number of aliphatic hydroxyl groups excluding tert-OH is 3. The second kappa shape index (κ2) is 43.4. The molecule has 17 heterocycles. The lowest BCUT2D eigenvalue weighted by atomic mass is 9.89. The number of hydrogen-bond donors (Lipinski definition) is 7. The SMILES string of the molecule is CC1OC1C.COc1cc2nc(N)n3nc(C4CC(C)CN(c5cn(C(C)C(C)O)nc5C)C4)nc3c2cc1F.COc1cc2nc(N)n3nc(C4CC(C)CN(c5cn(C(C)C(C)O)nc5C)C4)nc3c2cc1F.COc1cc2nc(N)n3nc(C4CC(C)CN(c5cn(C(C)C(C)O)nc5C)C4)nc3c2cc1F.COc1ccc(CNc2nc3cc(OC)c(F)cc3c3nc(C4CCC(C)N(C5=CCN=C5)C4)nn23)c(OC)c1. The second-order valence-corrected chi connectivity index (χ2v) is 40.7. The number of halogens is 4. The highest BCUT2D eigenvalue weighted by Gasteiger charge is 2.39. The van der Waals surface area contributed by atoms with Crippen LogP contribution in [0.3, 0.4) is 0 Å². The lowest BCUT2D eigenvalue weighted by Crippen LogP contribution is -2.40. The van der Waals surface area contributed by atoms with E-state index in [0.717, 1.165) is 110 Å². The topological polar surface area (TPSA) is 470 Å². The van der Waals surface area contributed by atoms with Crippen molar-refractivity contribution in [3.8, 4) is 34.5 Å². The van der Waals surface area contributed by atoms with Crippen molar-refractivity contribution in [3.63, 3.8) is 0 Å². The van der Waals surface area contributed by atoms with Crippen molar-refractivity contribution in [2.45, 2.75) is 221 Å². The highest BCUT2D eigenvalue weighted by atomic mass is 19.1. The molecule has 0 aliphatic carbocycles. The number of likely N-dealkylation sites (tertiary alicyclic amines) is 1. The first kappa shape index (κ1) is 105. The van der Waals surface area contributed by atoms with Gasteiger partial charge in [0.05, 0.1) is 160 Å². The molecule has 16 atom stereocenters. The van der Waals surface area contributed by atoms with Crippen molar-refractivity contribution in [2.24, 2.45) is 22.7 Å². The van der Waals surface area contributed by atoms with Crippen LogP contribution < -0.4 is 65.6 Å². The van der Waals surface area contributed by atoms with E-state index in [1.165, 1.54) is 84.4 Å². The first-order valence-electron chi connectivity index (χ1n) is 50.8. The predicted octanol–water partition coefficient (Wildman–Crippen LogP) is 14.6. The van der Waals surface area contributed by atoms with Gasteiger partial charge in [-0.3, -0.25) is 19.0 Å². The molecule has 10 N–H and O–H groups in total. The number of allylic oxidation sites excluding steroid dienone is 1. The molecule has 0 radical (unpaired) electrons. The molecule has 22 rings (SSSR count). The third kappa shape index (κ3) is 21.5. The van der Waals surface area contributed by atoms with Crippen molar-refractivity contribution < 1.29 is 66.0 Å². The molecule has 5 saturated heterocycles. The Kier molecular flexibility index (Phi) is 30.4. The van der Waals surface area contributed by atoms with Crippen LogP contribution in [0.2, 0.25) is 0 Å². The van der Waals surface area contributed by atoms with Crippen LogP contribution in [0, 0.1) is 61.8 Å². The third-order valence-electron chi connectivity index (χ3n) is 29.6. The number of rotatable bonds is 23. The molecule has 6 aliphatic rings. The molecule has 0 saturated carbocycles. The standard InChI is InChI=1S/C29H32FN7O3.3C24H31FN8O2.C4H8O/c1-17-5-6-19(16-36(17)20-9-10-31-15-20)27-34-28-22-12-23(30)26(40-4)13-24(22)33-29(37(28)35-27)32-14-18-7-8-21(38-2)11-25(18)39-3;3*1-12-6-16(10-31(9-12)20-11-32(29-13(20)2)14(3)15(4)34)22-28-23-17-7-18(25)21(35-5)8-19(17)27-24(26)33(23)30-22;1-3-4(2)5-3/h7-9,11-13,15,17,19H,5-6,10,14,16H2,1-4H3,(H,32,33);3*7-8,11-12,14-16,34H,6,9-10H2,1-5H3,(H2,26,27);3-4H,1-2H3. The smallest absolute Gasteiger partial charge is 0.226 e. The van der Waals surface area contributed by atoms with Gasteiger partial charge in [0, 0.05) is 164 Å². The summed E-state index contributed by atoms with van der Waals surface area (Å²) in [5, 5.41) is 68.4. The lowest BCUT2D eigenvalue weighted by molar-refractivity contribution is 0.132. The Labute approximate surface area is 864 Å². The number of benzene rings is 5. The molecule has 41 nitrogen and oxygen atoms in total. The number of nitrogens with zero attached hydrogens (tertiary/aromatic N) is 27. The third-order valence-corrected chi connectivity index (χ3v) is 29.6. The Morgan fingerprint density at radius 3 is 1.07 bits per heavy atom. The number of aryl methyl sites for hydroxylation is 3. The summed E-state index contributed by atoms with van der Waals surface area (Å²) >= 11 is 0. The quantitative estimate of drug-likeness (QED) is 0.0231. The van der Waals surface area contributed by atoms with Gasteiger partial charge in [-0.15, -0.1) is 20.4 Å². The van der Waals surface area contributed by atoms with E-state index in [-0.39, 0.29) is 82.6 Å². The minimum Gasteiger partial charge on any atom is -0.497 e. The van der Waals surface area contributed by atoms with Gasteiger partial charge in [-0.25, -0.2) is 57.4 Å². The zero-order valence-corrected chi connectivity index (χ0v) is 88.4. The zero-order chi connectivity index (χ0) is 107. The Morgan fingerprint density at radius 1 is 0.407 bits per heavy atom. The summed E-state index contributed by atoms with van der Waals surface area (Å²) in [5.41, 5.74) is 30.5. The molecule has 11 aromatic heterocycles. The van der Waals surface area contributed by atoms with E-state index in [4.69, 9.17) is 80.4 Å². The molecule has 5 fully saturated rings. The average molecular weight is 2070 g/mol. The maximum atomic E-state index is 14.8. The summed E-state index contributed by atoms with van der Waals surface area (Å²) < 4.78 is 106. The number of methoxy groups -OCH3 is 6. The molecule has 16 aromatic rings. The van der Waals surface area contributed by atoms with E-state index in [1.54, 1.807) is 45.6 Å². The molecular formula is C105H133F4N31O10. The van der Waals surface area contributed by atoms with Crippen molar-refractivity contribution in [3.05, 3.63) is 166 Å². The van der Waals surface area contributed by atoms with Crippen molar-refractivity contribution >= 4 is 113 Å². The lowest BCUT2D eigenvalue weighted by Gasteiger charge is -2.38. The number of fused-ring (bicyclic) bond motifs is 12. The Morgan fingerprint density at radius 2 is 0.747 bits per heavy atom. The molecule has 0 spiro atoms. The van der Waals surface area contributed by atoms with Crippen LogP contribution in [-0.2, 0) is 11.3 Å². The fourth-order valence-corrected chi connectivity index (χ4v) is 20.5. The van der Waals surface area contributed by atoms with Crippen LogP contribution >= 0.6 is 0 Å². The van der Waals surface area contributed by atoms with Crippen LogP contribution in [-0.4, -0.2) is 266 Å². The molecule has 6 aliphatic heterocycles. The summed E-state index contributed by atoms with van der Waals surface area (Å²) in [6.07, 6.45) is 14.4. The minimum absolute atomic E-state index is 0.0492. The number of piperidine rings is 4. The molecule has 45 heteroatoms. The number of nitrogens with one attached hydrogen (secondary N) is 1. The Balaban J connectivity index is 0.000000128. The number of aliphatic hydroxyl groups is 3. The summed E-state index contributed by atoms with van der Waals surface area (Å²) in [5.74, 6) is 5.03. The summed E-state index contributed by atoms with van der Waals surface area (Å²) in [6, 6.07) is 17.4. The van der Waals surface area contributed by atoms with Gasteiger partial charge in [0.15, 0.2) is 92.2 Å². The van der Waals surface area contributed by atoms with Gasteiger partial charge in [0.1, 0.15) is 11.5 Å². The highest BCUT2D eigenvalue weighted by molar-refractivity contribution is 5.96. The normalized spacial score (nSPS) is 21.0. The number of aliphatic imine (C=N–C) groups is 1. The van der Waals surface area contributed by atoms with Crippen LogP contribution in [0.1, 0.15) is 203 Å². The maximum Gasteiger partial charge on any atom is 0.226 e. The van der Waals surface area contributed by atoms with E-state index in [1.807, 2.05) is 98.6 Å². The average Bonchev–Trinajstić information content (AvgIpc) is 1.63. The molecule has 0 bridgehead atoms. The number of hydrogen-bond acceptors (Lipinski definition) is 34. The number of aromatic nitrogens is 22. The van der Waals surface area contributed by atoms with Gasteiger partial charge in [0.2, 0.25) is 23.8 Å². The first-order valence-corrected chi connectivity index (χ1v) is 50.8. The van der Waals surface area contributed by atoms with Gasteiger partial charge < -0.3 is 90.6 Å². The molecular weight excluding hydrogens is 1930 g/mol. The van der Waals surface area contributed by atoms with Gasteiger partial charge in [0.25, 0.3) is 0 Å². The van der Waals surface area contributed by atoms with Gasteiger partial charge in [-0.2, -0.15) is 33.4 Å². The fraction of sp³-hybridized carbons (Fsp3) is 0.486. The second-order valence-electron chi connectivity index (χ2n) is 40.7. The number of nitrogen functional groups attached to an aromatic ring is 3. The highest BCUT2D eigenvalue weighted by Crippen LogP contribution is 2.43. The summed E-state index contributed by atoms with van der Waals surface area (Å²) in [6.45, 7) is 36.8. The van der Waals surface area contributed by atoms with Crippen LogP contribution in [0.15, 0.2) is 102 Å². The van der Waals surface area contributed by atoms with Crippen molar-refractivity contribution in [2.75, 3.05) is 132 Å². The van der Waals surface area contributed by atoms with Crippen LogP contribution in [0.25, 0.3) is 66.2 Å². The molecule has 5 aromatic carbocycles. The molecule has 150 heavy (non-hydrogen) atoms. The van der Waals surface area contributed by atoms with E-state index in [9.17, 15) is 32.9 Å². The van der Waals surface area contributed by atoms with Gasteiger partial charge >= 0.3 is 0 Å². The molecule has 0 amide bonds. The number of anilines is 7. The van der Waals surface area contributed by atoms with Gasteiger partial charge in [-0.1, -0.05) is 20.8 Å². The van der Waals surface area contributed by atoms with Gasteiger partial charge in [-0.05, 0) is 175 Å². The first-order chi connectivity index (χ1) is 71.8.